The van der Waals surface area contributed by atoms with E-state index in [1.165, 1.54) is 23.1 Å². The normalized spacial score (nSPS) is 21.8. The zero-order valence-corrected chi connectivity index (χ0v) is 18.0. The summed E-state index contributed by atoms with van der Waals surface area (Å²) in [5.41, 5.74) is 7.21. The number of amides is 1. The number of alkyl halides is 3. The highest BCUT2D eigenvalue weighted by Crippen LogP contribution is 2.50. The van der Waals surface area contributed by atoms with Crippen LogP contribution in [-0.2, 0) is 10.3 Å². The minimum Gasteiger partial charge on any atom is -0.485 e. The van der Waals surface area contributed by atoms with E-state index in [4.69, 9.17) is 10.5 Å². The third-order valence-corrected chi connectivity index (χ3v) is 6.05. The van der Waals surface area contributed by atoms with Gasteiger partial charge in [0.2, 0.25) is 0 Å². The fraction of sp³-hybridized carbons (Fsp3) is 0.200. The molecule has 174 valence electrons. The molecule has 1 unspecified atom stereocenters. The molecule has 1 spiro atoms. The topological polar surface area (TPSA) is 77.2 Å². The maximum atomic E-state index is 13.4. The first-order valence-corrected chi connectivity index (χ1v) is 10.5. The number of hydrogen-bond donors (Lipinski definition) is 1. The van der Waals surface area contributed by atoms with E-state index >= 15 is 0 Å². The highest BCUT2D eigenvalue weighted by atomic mass is 19.4. The van der Waals surface area contributed by atoms with Crippen molar-refractivity contribution in [1.82, 2.24) is 4.90 Å². The summed E-state index contributed by atoms with van der Waals surface area (Å²) in [4.78, 5) is 19.3. The molecule has 2 aliphatic rings. The summed E-state index contributed by atoms with van der Waals surface area (Å²) in [5.74, 6) is -0.0686. The Morgan fingerprint density at radius 3 is 2.47 bits per heavy atom. The first-order chi connectivity index (χ1) is 16.2. The molecule has 2 aliphatic heterocycles. The summed E-state index contributed by atoms with van der Waals surface area (Å²) in [5, 5.41) is 0. The van der Waals surface area contributed by atoms with E-state index in [1.54, 1.807) is 31.3 Å². The Bertz CT molecular complexity index is 1290. The van der Waals surface area contributed by atoms with Crippen LogP contribution in [-0.4, -0.2) is 30.2 Å². The average molecular weight is 467 g/mol. The van der Waals surface area contributed by atoms with E-state index in [9.17, 15) is 18.0 Å². The smallest absolute Gasteiger partial charge is 0.485 e. The summed E-state index contributed by atoms with van der Waals surface area (Å²) in [6.45, 7) is 0. The summed E-state index contributed by atoms with van der Waals surface area (Å²) in [6, 6.07) is 20.3. The van der Waals surface area contributed by atoms with E-state index in [-0.39, 0.29) is 24.0 Å². The van der Waals surface area contributed by atoms with Crippen LogP contribution < -0.4 is 15.2 Å². The number of nitrogens with two attached hydrogens (primary N) is 1. The molecule has 2 N–H and O–H groups in total. The van der Waals surface area contributed by atoms with Gasteiger partial charge in [-0.05, 0) is 41.0 Å². The Hall–Kier alpha value is -4.01. The molecule has 3 aromatic carbocycles. The maximum Gasteiger partial charge on any atom is 0.573 e. The third kappa shape index (κ3) is 3.72. The fourth-order valence-electron chi connectivity index (χ4n) is 4.44. The molecule has 0 fully saturated rings. The molecule has 2 heterocycles. The van der Waals surface area contributed by atoms with Crippen molar-refractivity contribution in [3.05, 3.63) is 83.9 Å². The number of benzene rings is 3. The van der Waals surface area contributed by atoms with Gasteiger partial charge in [-0.3, -0.25) is 9.69 Å². The molecular weight excluding hydrogens is 447 g/mol. The monoisotopic (exact) mass is 467 g/mol. The van der Waals surface area contributed by atoms with Crippen LogP contribution in [0.15, 0.2) is 77.8 Å². The summed E-state index contributed by atoms with van der Waals surface area (Å²) < 4.78 is 48.4. The van der Waals surface area contributed by atoms with Gasteiger partial charge in [0.15, 0.2) is 11.5 Å². The maximum absolute atomic E-state index is 13.4. The van der Waals surface area contributed by atoms with Crippen LogP contribution in [0.4, 0.5) is 13.2 Å². The van der Waals surface area contributed by atoms with Gasteiger partial charge in [0.25, 0.3) is 5.91 Å². The van der Waals surface area contributed by atoms with Crippen molar-refractivity contribution in [3.8, 4) is 22.6 Å². The number of likely N-dealkylation sites (N-methyl/N-ethyl adjacent to an activating group) is 1. The van der Waals surface area contributed by atoms with Gasteiger partial charge in [0, 0.05) is 19.0 Å². The van der Waals surface area contributed by atoms with Gasteiger partial charge >= 0.3 is 6.36 Å². The number of rotatable bonds is 3. The van der Waals surface area contributed by atoms with E-state index in [0.717, 1.165) is 5.56 Å². The predicted octanol–water partition coefficient (Wildman–Crippen LogP) is 4.76. The van der Waals surface area contributed by atoms with Gasteiger partial charge in [-0.2, -0.15) is 0 Å². The molecule has 0 saturated carbocycles. The third-order valence-electron chi connectivity index (χ3n) is 6.05. The Labute approximate surface area is 193 Å². The molecule has 0 aliphatic carbocycles. The number of guanidine groups is 1. The summed E-state index contributed by atoms with van der Waals surface area (Å²) in [7, 11) is 1.56. The molecule has 0 saturated heterocycles. The quantitative estimate of drug-likeness (QED) is 0.603. The van der Waals surface area contributed by atoms with Crippen LogP contribution in [0.2, 0.25) is 0 Å². The lowest BCUT2D eigenvalue weighted by Gasteiger charge is -2.37. The minimum absolute atomic E-state index is 0.0932. The molecule has 5 rings (SSSR count). The zero-order chi connectivity index (χ0) is 24.1. The molecule has 9 heteroatoms. The number of carbonyl (C=O) groups is 1. The molecular formula is C25H20F3N3O3. The lowest BCUT2D eigenvalue weighted by molar-refractivity contribution is -0.274. The Morgan fingerprint density at radius 2 is 1.79 bits per heavy atom. The van der Waals surface area contributed by atoms with Gasteiger partial charge in [0.05, 0.1) is 0 Å². The van der Waals surface area contributed by atoms with Crippen LogP contribution >= 0.6 is 0 Å². The molecule has 3 aromatic rings. The van der Waals surface area contributed by atoms with Crippen LogP contribution in [0.3, 0.4) is 0 Å². The first-order valence-electron chi connectivity index (χ1n) is 10.5. The molecule has 0 aromatic heterocycles. The van der Waals surface area contributed by atoms with Crippen LogP contribution in [0, 0.1) is 0 Å². The van der Waals surface area contributed by atoms with Crippen molar-refractivity contribution >= 4 is 11.9 Å². The zero-order valence-electron chi connectivity index (χ0n) is 18.0. The summed E-state index contributed by atoms with van der Waals surface area (Å²) >= 11 is 0. The van der Waals surface area contributed by atoms with Crippen molar-refractivity contribution in [2.45, 2.75) is 24.4 Å². The summed E-state index contributed by atoms with van der Waals surface area (Å²) in [6.07, 6.45) is -5.00. The van der Waals surface area contributed by atoms with Gasteiger partial charge < -0.3 is 15.2 Å². The van der Waals surface area contributed by atoms with E-state index < -0.39 is 18.0 Å². The van der Waals surface area contributed by atoms with Crippen molar-refractivity contribution in [2.75, 3.05) is 7.05 Å². The molecule has 2 atom stereocenters. The van der Waals surface area contributed by atoms with Gasteiger partial charge in [-0.25, -0.2) is 4.99 Å². The van der Waals surface area contributed by atoms with Crippen molar-refractivity contribution in [3.63, 3.8) is 0 Å². The molecule has 6 nitrogen and oxygen atoms in total. The van der Waals surface area contributed by atoms with E-state index in [0.29, 0.717) is 22.4 Å². The van der Waals surface area contributed by atoms with Gasteiger partial charge in [-0.15, -0.1) is 13.2 Å². The largest absolute Gasteiger partial charge is 0.573 e. The number of carbonyl (C=O) groups excluding carboxylic acids is 1. The average Bonchev–Trinajstić information content (AvgIpc) is 3.02. The number of hydrogen-bond acceptors (Lipinski definition) is 5. The van der Waals surface area contributed by atoms with Crippen molar-refractivity contribution in [2.24, 2.45) is 10.7 Å². The molecule has 0 radical (unpaired) electrons. The highest BCUT2D eigenvalue weighted by Gasteiger charge is 2.53. The molecule has 0 bridgehead atoms. The fourth-order valence-corrected chi connectivity index (χ4v) is 4.44. The number of halogens is 3. The molecule has 34 heavy (non-hydrogen) atoms. The minimum atomic E-state index is -4.80. The Kier molecular flexibility index (Phi) is 5.00. The van der Waals surface area contributed by atoms with Crippen LogP contribution in [0.1, 0.15) is 23.7 Å². The van der Waals surface area contributed by atoms with Gasteiger partial charge in [0.1, 0.15) is 17.6 Å². The van der Waals surface area contributed by atoms with Crippen LogP contribution in [0.5, 0.6) is 11.5 Å². The second-order valence-electron chi connectivity index (χ2n) is 8.20. The highest BCUT2D eigenvalue weighted by molar-refractivity contribution is 6.07. The molecule has 1 amide bonds. The van der Waals surface area contributed by atoms with E-state index in [1.807, 2.05) is 30.3 Å². The lowest BCUT2D eigenvalue weighted by Crippen LogP contribution is -2.43. The first kappa shape index (κ1) is 21.8. The predicted molar refractivity (Wildman–Crippen MR) is 119 cm³/mol. The number of aliphatic imine (C=N–C) groups is 1. The second-order valence-corrected chi connectivity index (χ2v) is 8.20. The Balaban J connectivity index is 1.61. The number of nitrogens with zero attached hydrogens (tertiary/aromatic N) is 2. The van der Waals surface area contributed by atoms with Crippen LogP contribution in [0.25, 0.3) is 11.1 Å². The van der Waals surface area contributed by atoms with Crippen molar-refractivity contribution < 1.29 is 27.4 Å². The number of fused-ring (bicyclic) bond motifs is 2. The lowest BCUT2D eigenvalue weighted by atomic mass is 9.79. The number of ether oxygens (including phenoxy) is 2. The second kappa shape index (κ2) is 7.79. The van der Waals surface area contributed by atoms with Gasteiger partial charge in [-0.1, -0.05) is 48.5 Å². The standard InChI is InChI=1S/C25H20F3N3O3/c1-31-22(32)24(30-23(31)29)14-21(15-6-3-2-4-7-15)33-20-11-10-17(13-19(20)24)16-8-5-9-18(12-16)34-25(26,27)28/h2-13,21H,14H2,1H3,(H2,29,30)/t21?,24-/m1/s1. The van der Waals surface area contributed by atoms with E-state index in [2.05, 4.69) is 9.73 Å². The SMILES string of the molecule is CN1C(=O)[C@]2(CC(c3ccccc3)Oc3ccc(-c4cccc(OC(F)(F)F)c4)cc32)N=C1N. The Morgan fingerprint density at radius 1 is 1.06 bits per heavy atom. The van der Waals surface area contributed by atoms with Crippen molar-refractivity contribution in [1.29, 1.82) is 0 Å².